The summed E-state index contributed by atoms with van der Waals surface area (Å²) in [4.78, 5) is 11.5. The van der Waals surface area contributed by atoms with Crippen molar-refractivity contribution in [1.82, 2.24) is 0 Å². The number of nitrogens with zero attached hydrogens (tertiary/aromatic N) is 1. The van der Waals surface area contributed by atoms with Crippen molar-refractivity contribution in [3.63, 3.8) is 0 Å². The van der Waals surface area contributed by atoms with Gasteiger partial charge < -0.3 is 9.84 Å². The van der Waals surface area contributed by atoms with Gasteiger partial charge in [0.1, 0.15) is 12.0 Å². The molecule has 0 aromatic carbocycles. The van der Waals surface area contributed by atoms with Crippen molar-refractivity contribution in [2.45, 2.75) is 12.5 Å². The van der Waals surface area contributed by atoms with E-state index in [0.717, 1.165) is 6.08 Å². The minimum atomic E-state index is -0.739. The van der Waals surface area contributed by atoms with Crippen LogP contribution >= 0.6 is 0 Å². The van der Waals surface area contributed by atoms with Gasteiger partial charge in [0.25, 0.3) is 0 Å². The molecule has 1 N–H and O–H groups in total. The number of ketones is 1. The number of carbonyl (C=O) groups excluding carboxylic acids is 1. The average molecular weight is 217 g/mol. The van der Waals surface area contributed by atoms with Crippen LogP contribution < -0.4 is 0 Å². The zero-order valence-electron chi connectivity index (χ0n) is 8.54. The molecule has 2 rings (SSSR count). The first kappa shape index (κ1) is 10.5. The molecular formula is C12H11NO3. The van der Waals surface area contributed by atoms with Crippen molar-refractivity contribution < 1.29 is 14.6 Å². The van der Waals surface area contributed by atoms with E-state index >= 15 is 0 Å². The van der Waals surface area contributed by atoms with E-state index in [1.54, 1.807) is 12.2 Å². The van der Waals surface area contributed by atoms with Gasteiger partial charge >= 0.3 is 0 Å². The monoisotopic (exact) mass is 217 g/mol. The Balaban J connectivity index is 2.23. The summed E-state index contributed by atoms with van der Waals surface area (Å²) in [6.45, 7) is 0. The Labute approximate surface area is 93.1 Å². The van der Waals surface area contributed by atoms with Crippen LogP contribution in [0.5, 0.6) is 0 Å². The van der Waals surface area contributed by atoms with Crippen LogP contribution in [0.1, 0.15) is 6.42 Å². The first-order valence-electron chi connectivity index (χ1n) is 5.04. The molecule has 0 bridgehead atoms. The molecule has 0 aromatic rings. The summed E-state index contributed by atoms with van der Waals surface area (Å²) in [6, 6.07) is 1.98. The van der Waals surface area contributed by atoms with Crippen molar-refractivity contribution in [2.75, 3.05) is 0 Å². The van der Waals surface area contributed by atoms with Crippen LogP contribution in [0.25, 0.3) is 0 Å². The lowest BCUT2D eigenvalue weighted by atomic mass is 9.78. The topological polar surface area (TPSA) is 70.3 Å². The normalized spacial score (nSPS) is 32.8. The van der Waals surface area contributed by atoms with Crippen LogP contribution in [-0.2, 0) is 9.53 Å². The molecule has 0 radical (unpaired) electrons. The average Bonchev–Trinajstić information content (AvgIpc) is 2.29. The molecule has 0 fully saturated rings. The number of ether oxygens (including phenoxy) is 1. The summed E-state index contributed by atoms with van der Waals surface area (Å²) in [6.07, 6.45) is 7.97. The highest BCUT2D eigenvalue weighted by atomic mass is 16.5. The summed E-state index contributed by atoms with van der Waals surface area (Å²) in [5, 5.41) is 18.4. The first-order chi connectivity index (χ1) is 7.72. The van der Waals surface area contributed by atoms with Gasteiger partial charge in [-0.25, -0.2) is 0 Å². The number of allylic oxidation sites excluding steroid dienone is 4. The van der Waals surface area contributed by atoms with E-state index in [9.17, 15) is 9.90 Å². The molecule has 4 heteroatoms. The van der Waals surface area contributed by atoms with Gasteiger partial charge in [-0.1, -0.05) is 6.08 Å². The molecule has 0 saturated carbocycles. The highest BCUT2D eigenvalue weighted by Gasteiger charge is 2.37. The molecule has 0 amide bonds. The molecule has 3 unspecified atom stereocenters. The number of aliphatic hydroxyl groups is 1. The number of rotatable bonds is 1. The van der Waals surface area contributed by atoms with Gasteiger partial charge in [0, 0.05) is 18.4 Å². The highest BCUT2D eigenvalue weighted by molar-refractivity contribution is 5.95. The number of aliphatic hydroxyl groups excluding tert-OH is 1. The third-order valence-electron chi connectivity index (χ3n) is 2.78. The minimum absolute atomic E-state index is 0.0213. The molecule has 0 aromatic heterocycles. The van der Waals surface area contributed by atoms with Gasteiger partial charge in [0.2, 0.25) is 0 Å². The van der Waals surface area contributed by atoms with Crippen LogP contribution in [0.4, 0.5) is 0 Å². The van der Waals surface area contributed by atoms with Gasteiger partial charge in [-0.3, -0.25) is 4.79 Å². The number of nitriles is 1. The van der Waals surface area contributed by atoms with E-state index in [0.29, 0.717) is 6.42 Å². The Bertz CT molecular complexity index is 428. The maximum atomic E-state index is 11.5. The van der Waals surface area contributed by atoms with Crippen LogP contribution in [0.2, 0.25) is 0 Å². The number of hydrogen-bond donors (Lipinski definition) is 1. The lowest BCUT2D eigenvalue weighted by Crippen LogP contribution is -2.35. The Hall–Kier alpha value is -2.02. The van der Waals surface area contributed by atoms with Crippen molar-refractivity contribution in [3.05, 3.63) is 36.3 Å². The Morgan fingerprint density at radius 2 is 2.31 bits per heavy atom. The second-order valence-corrected chi connectivity index (χ2v) is 3.83. The fourth-order valence-electron chi connectivity index (χ4n) is 1.99. The lowest BCUT2D eigenvalue weighted by Gasteiger charge is -2.29. The SMILES string of the molecule is N#CC1C(=O)C=C(O)CC1C1C=CC=CO1. The molecule has 3 atom stereocenters. The largest absolute Gasteiger partial charge is 0.512 e. The Kier molecular flexibility index (Phi) is 2.78. The predicted molar refractivity (Wildman–Crippen MR) is 56.1 cm³/mol. The molecule has 2 aliphatic rings. The van der Waals surface area contributed by atoms with E-state index in [4.69, 9.17) is 10.00 Å². The molecule has 4 nitrogen and oxygen atoms in total. The molecule has 82 valence electrons. The van der Waals surface area contributed by atoms with Gasteiger partial charge in [0.05, 0.1) is 18.1 Å². The first-order valence-corrected chi connectivity index (χ1v) is 5.04. The van der Waals surface area contributed by atoms with Crippen LogP contribution in [0.3, 0.4) is 0 Å². The van der Waals surface area contributed by atoms with Gasteiger partial charge in [-0.05, 0) is 12.2 Å². The van der Waals surface area contributed by atoms with E-state index in [2.05, 4.69) is 0 Å². The zero-order chi connectivity index (χ0) is 11.5. The summed E-state index contributed by atoms with van der Waals surface area (Å²) < 4.78 is 5.34. The van der Waals surface area contributed by atoms with Gasteiger partial charge in [0.15, 0.2) is 5.78 Å². The molecule has 0 spiro atoms. The summed E-state index contributed by atoms with van der Waals surface area (Å²) in [5.74, 6) is -1.38. The van der Waals surface area contributed by atoms with E-state index < -0.39 is 5.92 Å². The quantitative estimate of drug-likeness (QED) is 0.724. The zero-order valence-corrected chi connectivity index (χ0v) is 8.54. The van der Waals surface area contributed by atoms with Gasteiger partial charge in [-0.2, -0.15) is 5.26 Å². The Morgan fingerprint density at radius 3 is 2.94 bits per heavy atom. The summed E-state index contributed by atoms with van der Waals surface area (Å²) >= 11 is 0. The highest BCUT2D eigenvalue weighted by Crippen LogP contribution is 2.31. The van der Waals surface area contributed by atoms with E-state index in [1.807, 2.05) is 12.1 Å². The van der Waals surface area contributed by atoms with E-state index in [1.165, 1.54) is 6.26 Å². The van der Waals surface area contributed by atoms with Gasteiger partial charge in [-0.15, -0.1) is 0 Å². The molecule has 1 aliphatic carbocycles. The minimum Gasteiger partial charge on any atom is -0.512 e. The third kappa shape index (κ3) is 1.84. The standard InChI is InChI=1S/C12H11NO3/c13-7-10-9(5-8(14)6-11(10)15)12-3-1-2-4-16-12/h1-4,6,9-10,12,14H,5H2. The van der Waals surface area contributed by atoms with Crippen molar-refractivity contribution >= 4 is 5.78 Å². The summed E-state index contributed by atoms with van der Waals surface area (Å²) in [5.41, 5.74) is 0. The third-order valence-corrected chi connectivity index (χ3v) is 2.78. The fraction of sp³-hybridized carbons (Fsp3) is 0.333. The van der Waals surface area contributed by atoms with Crippen LogP contribution in [0, 0.1) is 23.2 Å². The maximum Gasteiger partial charge on any atom is 0.176 e. The molecule has 1 aliphatic heterocycles. The van der Waals surface area contributed by atoms with Crippen molar-refractivity contribution in [1.29, 1.82) is 5.26 Å². The number of hydrogen-bond acceptors (Lipinski definition) is 4. The van der Waals surface area contributed by atoms with Crippen molar-refractivity contribution in [3.8, 4) is 6.07 Å². The second-order valence-electron chi connectivity index (χ2n) is 3.83. The van der Waals surface area contributed by atoms with Crippen LogP contribution in [0.15, 0.2) is 36.3 Å². The maximum absolute atomic E-state index is 11.5. The predicted octanol–water partition coefficient (Wildman–Crippen LogP) is 1.63. The fourth-order valence-corrected chi connectivity index (χ4v) is 1.99. The van der Waals surface area contributed by atoms with Crippen molar-refractivity contribution in [2.24, 2.45) is 11.8 Å². The lowest BCUT2D eigenvalue weighted by molar-refractivity contribution is -0.120. The second kappa shape index (κ2) is 4.23. The molecule has 0 saturated heterocycles. The van der Waals surface area contributed by atoms with Crippen LogP contribution in [-0.4, -0.2) is 17.0 Å². The molecule has 16 heavy (non-hydrogen) atoms. The molecule has 1 heterocycles. The molecular weight excluding hydrogens is 206 g/mol. The van der Waals surface area contributed by atoms with E-state index in [-0.39, 0.29) is 23.6 Å². The summed E-state index contributed by atoms with van der Waals surface area (Å²) in [7, 11) is 0. The Morgan fingerprint density at radius 1 is 1.50 bits per heavy atom. The smallest absolute Gasteiger partial charge is 0.176 e. The number of carbonyl (C=O) groups is 1.